The zero-order chi connectivity index (χ0) is 15.0. The van der Waals surface area contributed by atoms with Crippen molar-refractivity contribution in [3.8, 4) is 0 Å². The molecule has 0 atom stereocenters. The fraction of sp³-hybridized carbons (Fsp3) is 0.0667. The third-order valence-corrected chi connectivity index (χ3v) is 3.20. The van der Waals surface area contributed by atoms with Crippen LogP contribution in [0, 0.1) is 17.0 Å². The molecule has 0 fully saturated rings. The second-order valence-corrected chi connectivity index (χ2v) is 4.70. The number of aromatic nitrogens is 1. The molecular weight excluding hydrogens is 270 g/mol. The fourth-order valence-corrected chi connectivity index (χ4v) is 2.23. The number of aryl methyl sites for hydroxylation is 1. The smallest absolute Gasteiger partial charge is 0.270 e. The van der Waals surface area contributed by atoms with Gasteiger partial charge in [0.2, 0.25) is 0 Å². The summed E-state index contributed by atoms with van der Waals surface area (Å²) in [6, 6.07) is 9.84. The summed E-state index contributed by atoms with van der Waals surface area (Å²) in [6.07, 6.45) is 1.75. The number of hydrogen-bond acceptors (Lipinski definition) is 4. The van der Waals surface area contributed by atoms with Crippen LogP contribution in [0.1, 0.15) is 27.3 Å². The molecule has 1 aliphatic rings. The van der Waals surface area contributed by atoms with Gasteiger partial charge in [-0.05, 0) is 31.2 Å². The number of nitro benzene ring substituents is 1. The second kappa shape index (κ2) is 4.82. The Morgan fingerprint density at radius 1 is 1.24 bits per heavy atom. The summed E-state index contributed by atoms with van der Waals surface area (Å²) in [5.41, 5.74) is 3.05. The SMILES string of the molecule is Cc1cccc(/C=C2\NC(=O)c3cc([N+](=O)[O-])ccc32)n1. The molecule has 0 aliphatic carbocycles. The van der Waals surface area contributed by atoms with Crippen LogP contribution in [0.3, 0.4) is 0 Å². The largest absolute Gasteiger partial charge is 0.321 e. The number of nitrogens with zero attached hydrogens (tertiary/aromatic N) is 2. The number of carbonyl (C=O) groups is 1. The molecule has 0 radical (unpaired) electrons. The summed E-state index contributed by atoms with van der Waals surface area (Å²) in [5, 5.41) is 13.5. The van der Waals surface area contributed by atoms with Crippen LogP contribution in [0.4, 0.5) is 5.69 Å². The van der Waals surface area contributed by atoms with E-state index in [4.69, 9.17) is 0 Å². The van der Waals surface area contributed by atoms with Crippen LogP contribution in [0.25, 0.3) is 11.8 Å². The zero-order valence-electron chi connectivity index (χ0n) is 11.2. The first-order chi connectivity index (χ1) is 10.0. The molecule has 6 nitrogen and oxygen atoms in total. The topological polar surface area (TPSA) is 85.1 Å². The van der Waals surface area contributed by atoms with Gasteiger partial charge in [-0.1, -0.05) is 6.07 Å². The van der Waals surface area contributed by atoms with Gasteiger partial charge in [0.25, 0.3) is 11.6 Å². The van der Waals surface area contributed by atoms with Crippen LogP contribution in [0.5, 0.6) is 0 Å². The highest BCUT2D eigenvalue weighted by molar-refractivity contribution is 6.12. The van der Waals surface area contributed by atoms with Crippen molar-refractivity contribution >= 4 is 23.4 Å². The van der Waals surface area contributed by atoms with E-state index in [2.05, 4.69) is 10.3 Å². The van der Waals surface area contributed by atoms with E-state index in [-0.39, 0.29) is 11.6 Å². The maximum Gasteiger partial charge on any atom is 0.270 e. The molecule has 6 heteroatoms. The number of carbonyl (C=O) groups excluding carboxylic acids is 1. The molecule has 2 aromatic rings. The second-order valence-electron chi connectivity index (χ2n) is 4.70. The van der Waals surface area contributed by atoms with Gasteiger partial charge >= 0.3 is 0 Å². The molecule has 21 heavy (non-hydrogen) atoms. The number of benzene rings is 1. The van der Waals surface area contributed by atoms with E-state index in [0.29, 0.717) is 16.8 Å². The monoisotopic (exact) mass is 281 g/mol. The third-order valence-electron chi connectivity index (χ3n) is 3.20. The van der Waals surface area contributed by atoms with Crippen LogP contribution in [0.2, 0.25) is 0 Å². The lowest BCUT2D eigenvalue weighted by Crippen LogP contribution is -2.12. The van der Waals surface area contributed by atoms with E-state index in [1.165, 1.54) is 12.1 Å². The summed E-state index contributed by atoms with van der Waals surface area (Å²) < 4.78 is 0. The number of nitro groups is 1. The molecule has 2 heterocycles. The molecule has 0 spiro atoms. The average Bonchev–Trinajstić information content (AvgIpc) is 2.75. The molecule has 3 rings (SSSR count). The van der Waals surface area contributed by atoms with Crippen molar-refractivity contribution in [1.82, 2.24) is 10.3 Å². The summed E-state index contributed by atoms with van der Waals surface area (Å²) in [7, 11) is 0. The van der Waals surface area contributed by atoms with Gasteiger partial charge in [-0.2, -0.15) is 0 Å². The maximum absolute atomic E-state index is 11.9. The molecule has 1 aliphatic heterocycles. The van der Waals surface area contributed by atoms with E-state index in [1.807, 2.05) is 25.1 Å². The van der Waals surface area contributed by atoms with E-state index in [0.717, 1.165) is 11.4 Å². The summed E-state index contributed by atoms with van der Waals surface area (Å²) in [4.78, 5) is 26.5. The van der Waals surface area contributed by atoms with Gasteiger partial charge in [0, 0.05) is 23.4 Å². The zero-order valence-corrected chi connectivity index (χ0v) is 11.2. The van der Waals surface area contributed by atoms with Crippen LogP contribution in [-0.2, 0) is 0 Å². The molecule has 1 aromatic heterocycles. The molecule has 1 amide bonds. The number of rotatable bonds is 2. The predicted octanol–water partition coefficient (Wildman–Crippen LogP) is 2.54. The van der Waals surface area contributed by atoms with Crippen molar-refractivity contribution < 1.29 is 9.72 Å². The molecule has 0 unspecified atom stereocenters. The first-order valence-electron chi connectivity index (χ1n) is 6.30. The molecule has 0 saturated carbocycles. The van der Waals surface area contributed by atoms with Gasteiger partial charge in [0.1, 0.15) is 0 Å². The normalized spacial score (nSPS) is 14.9. The Bertz CT molecular complexity index is 797. The lowest BCUT2D eigenvalue weighted by Gasteiger charge is -2.01. The Kier molecular flexibility index (Phi) is 2.98. The van der Waals surface area contributed by atoms with Crippen molar-refractivity contribution in [3.63, 3.8) is 0 Å². The highest BCUT2D eigenvalue weighted by Crippen LogP contribution is 2.29. The Hall–Kier alpha value is -3.02. The van der Waals surface area contributed by atoms with Crippen LogP contribution >= 0.6 is 0 Å². The molecule has 104 valence electrons. The highest BCUT2D eigenvalue weighted by Gasteiger charge is 2.26. The van der Waals surface area contributed by atoms with Crippen molar-refractivity contribution in [3.05, 3.63) is 69.0 Å². The third kappa shape index (κ3) is 2.38. The number of amides is 1. The number of non-ortho nitro benzene ring substituents is 1. The number of hydrogen-bond donors (Lipinski definition) is 1. The van der Waals surface area contributed by atoms with Gasteiger partial charge in [-0.25, -0.2) is 0 Å². The van der Waals surface area contributed by atoms with Gasteiger partial charge in [0.05, 0.1) is 21.9 Å². The van der Waals surface area contributed by atoms with Gasteiger partial charge in [-0.3, -0.25) is 19.9 Å². The van der Waals surface area contributed by atoms with Gasteiger partial charge in [-0.15, -0.1) is 0 Å². The number of pyridine rings is 1. The van der Waals surface area contributed by atoms with Crippen molar-refractivity contribution in [2.45, 2.75) is 6.92 Å². The van der Waals surface area contributed by atoms with Crippen LogP contribution in [0.15, 0.2) is 36.4 Å². The first kappa shape index (κ1) is 13.0. The molecule has 1 aromatic carbocycles. The fourth-order valence-electron chi connectivity index (χ4n) is 2.23. The summed E-state index contributed by atoms with van der Waals surface area (Å²) >= 11 is 0. The Morgan fingerprint density at radius 3 is 2.76 bits per heavy atom. The molecule has 1 N–H and O–H groups in total. The van der Waals surface area contributed by atoms with E-state index < -0.39 is 4.92 Å². The minimum Gasteiger partial charge on any atom is -0.321 e. The highest BCUT2D eigenvalue weighted by atomic mass is 16.6. The maximum atomic E-state index is 11.9. The molecule has 0 bridgehead atoms. The lowest BCUT2D eigenvalue weighted by atomic mass is 10.1. The van der Waals surface area contributed by atoms with Crippen molar-refractivity contribution in [1.29, 1.82) is 0 Å². The van der Waals surface area contributed by atoms with Gasteiger partial charge in [0.15, 0.2) is 0 Å². The number of nitrogens with one attached hydrogen (secondary N) is 1. The lowest BCUT2D eigenvalue weighted by molar-refractivity contribution is -0.384. The van der Waals surface area contributed by atoms with Crippen molar-refractivity contribution in [2.75, 3.05) is 0 Å². The van der Waals surface area contributed by atoms with Crippen molar-refractivity contribution in [2.24, 2.45) is 0 Å². The molecular formula is C15H11N3O3. The van der Waals surface area contributed by atoms with Crippen LogP contribution in [-0.4, -0.2) is 15.8 Å². The van der Waals surface area contributed by atoms with E-state index in [9.17, 15) is 14.9 Å². The Balaban J connectivity index is 2.06. The summed E-state index contributed by atoms with van der Waals surface area (Å²) in [6.45, 7) is 1.88. The van der Waals surface area contributed by atoms with E-state index >= 15 is 0 Å². The minimum atomic E-state index is -0.516. The first-order valence-corrected chi connectivity index (χ1v) is 6.30. The predicted molar refractivity (Wildman–Crippen MR) is 77.4 cm³/mol. The summed E-state index contributed by atoms with van der Waals surface area (Å²) in [5.74, 6) is -0.340. The Morgan fingerprint density at radius 2 is 2.05 bits per heavy atom. The van der Waals surface area contributed by atoms with Crippen LogP contribution < -0.4 is 5.32 Å². The standard InChI is InChI=1S/C15H11N3O3/c1-9-3-2-4-10(16-9)7-14-12-6-5-11(18(20)21)8-13(12)15(19)17-14/h2-8H,1H3,(H,17,19)/b14-7-. The average molecular weight is 281 g/mol. The Labute approximate surface area is 120 Å². The molecule has 0 saturated heterocycles. The van der Waals surface area contributed by atoms with Gasteiger partial charge < -0.3 is 5.32 Å². The van der Waals surface area contributed by atoms with E-state index in [1.54, 1.807) is 12.1 Å². The number of fused-ring (bicyclic) bond motifs is 1. The quantitative estimate of drug-likeness (QED) is 0.677. The minimum absolute atomic E-state index is 0.0983.